The zero-order valence-electron chi connectivity index (χ0n) is 14.4. The highest BCUT2D eigenvalue weighted by atomic mass is 32.2. The normalized spacial score (nSPS) is 18.6. The van der Waals surface area contributed by atoms with Gasteiger partial charge in [0.1, 0.15) is 0 Å². The Bertz CT molecular complexity index is 1070. The van der Waals surface area contributed by atoms with E-state index >= 15 is 0 Å². The second-order valence-corrected chi connectivity index (χ2v) is 8.59. The van der Waals surface area contributed by atoms with Crippen molar-refractivity contribution in [1.29, 1.82) is 0 Å². The van der Waals surface area contributed by atoms with Gasteiger partial charge >= 0.3 is 0 Å². The summed E-state index contributed by atoms with van der Waals surface area (Å²) >= 11 is 0. The van der Waals surface area contributed by atoms with Gasteiger partial charge in [0.25, 0.3) is 5.56 Å². The fourth-order valence-electron chi connectivity index (χ4n) is 2.87. The fourth-order valence-corrected chi connectivity index (χ4v) is 4.54. The fraction of sp³-hybridized carbons (Fsp3) is 0.278. The Labute approximate surface area is 155 Å². The van der Waals surface area contributed by atoms with Crippen molar-refractivity contribution in [2.45, 2.75) is 12.5 Å². The number of aromatic nitrogens is 1. The summed E-state index contributed by atoms with van der Waals surface area (Å²) in [6.45, 7) is -0.270. The van der Waals surface area contributed by atoms with E-state index in [-0.39, 0.29) is 23.6 Å². The van der Waals surface area contributed by atoms with Crippen molar-refractivity contribution in [2.75, 3.05) is 18.1 Å². The number of nitrogens with one attached hydrogen (secondary N) is 3. The van der Waals surface area contributed by atoms with Crippen molar-refractivity contribution >= 4 is 38.6 Å². The third kappa shape index (κ3) is 5.04. The van der Waals surface area contributed by atoms with Gasteiger partial charge in [-0.1, -0.05) is 18.2 Å². The highest BCUT2D eigenvalue weighted by molar-refractivity contribution is 7.91. The van der Waals surface area contributed by atoms with Gasteiger partial charge in [-0.3, -0.25) is 14.4 Å². The zero-order chi connectivity index (χ0) is 19.4. The van der Waals surface area contributed by atoms with Crippen molar-refractivity contribution in [3.63, 3.8) is 0 Å². The number of pyridine rings is 1. The molecule has 1 saturated heterocycles. The third-order valence-electron chi connectivity index (χ3n) is 4.22. The van der Waals surface area contributed by atoms with Crippen LogP contribution < -0.4 is 16.2 Å². The Hall–Kier alpha value is -2.94. The molecule has 1 fully saturated rings. The van der Waals surface area contributed by atoms with Gasteiger partial charge in [-0.05, 0) is 30.0 Å². The van der Waals surface area contributed by atoms with Gasteiger partial charge in [-0.25, -0.2) is 8.42 Å². The molecule has 1 aliphatic heterocycles. The molecule has 8 nitrogen and oxygen atoms in total. The molecule has 142 valence electrons. The van der Waals surface area contributed by atoms with Crippen LogP contribution >= 0.6 is 0 Å². The number of amides is 2. The van der Waals surface area contributed by atoms with Gasteiger partial charge in [0.15, 0.2) is 9.84 Å². The zero-order valence-corrected chi connectivity index (χ0v) is 15.2. The number of rotatable bonds is 5. The summed E-state index contributed by atoms with van der Waals surface area (Å²) in [6, 6.07) is 8.54. The van der Waals surface area contributed by atoms with Crippen LogP contribution in [0.4, 0.5) is 0 Å². The summed E-state index contributed by atoms with van der Waals surface area (Å²) in [5, 5.41) is 5.82. The number of H-pyrrole nitrogens is 1. The van der Waals surface area contributed by atoms with Gasteiger partial charge in [-0.15, -0.1) is 0 Å². The minimum atomic E-state index is -3.08. The van der Waals surface area contributed by atoms with Crippen LogP contribution in [0, 0.1) is 0 Å². The smallest absolute Gasteiger partial charge is 0.255 e. The molecular formula is C18H19N3O5S. The van der Waals surface area contributed by atoms with Crippen LogP contribution in [0.1, 0.15) is 12.0 Å². The van der Waals surface area contributed by atoms with E-state index in [4.69, 9.17) is 0 Å². The lowest BCUT2D eigenvalue weighted by Crippen LogP contribution is -2.42. The molecule has 1 unspecified atom stereocenters. The number of benzene rings is 1. The van der Waals surface area contributed by atoms with Crippen LogP contribution in [0.2, 0.25) is 0 Å². The first-order valence-electron chi connectivity index (χ1n) is 8.40. The second-order valence-electron chi connectivity index (χ2n) is 6.36. The Morgan fingerprint density at radius 1 is 1.26 bits per heavy atom. The van der Waals surface area contributed by atoms with Gasteiger partial charge in [0.05, 0.1) is 18.1 Å². The van der Waals surface area contributed by atoms with Crippen molar-refractivity contribution in [2.24, 2.45) is 0 Å². The maximum atomic E-state index is 12.0. The first kappa shape index (κ1) is 18.8. The Morgan fingerprint density at radius 2 is 2.04 bits per heavy atom. The maximum Gasteiger partial charge on any atom is 0.255 e. The van der Waals surface area contributed by atoms with Gasteiger partial charge in [0.2, 0.25) is 11.8 Å². The van der Waals surface area contributed by atoms with Crippen molar-refractivity contribution in [3.05, 3.63) is 52.3 Å². The van der Waals surface area contributed by atoms with Gasteiger partial charge in [-0.2, -0.15) is 0 Å². The van der Waals surface area contributed by atoms with Crippen LogP contribution in [-0.2, 0) is 19.4 Å². The molecule has 0 aliphatic carbocycles. The van der Waals surface area contributed by atoms with E-state index in [1.807, 2.05) is 18.2 Å². The van der Waals surface area contributed by atoms with Crippen LogP contribution in [-0.4, -0.2) is 49.3 Å². The third-order valence-corrected chi connectivity index (χ3v) is 5.99. The molecule has 1 aliphatic rings. The average molecular weight is 389 g/mol. The van der Waals surface area contributed by atoms with Gasteiger partial charge in [0, 0.05) is 23.2 Å². The summed E-state index contributed by atoms with van der Waals surface area (Å²) in [6.07, 6.45) is 2.93. The Kier molecular flexibility index (Phi) is 5.41. The second kappa shape index (κ2) is 7.75. The molecule has 2 aromatic rings. The molecule has 0 radical (unpaired) electrons. The topological polar surface area (TPSA) is 125 Å². The highest BCUT2D eigenvalue weighted by Crippen LogP contribution is 2.11. The molecule has 3 rings (SSSR count). The first-order valence-corrected chi connectivity index (χ1v) is 10.2. The van der Waals surface area contributed by atoms with Crippen LogP contribution in [0.15, 0.2) is 41.2 Å². The number of hydrogen-bond acceptors (Lipinski definition) is 5. The quantitative estimate of drug-likeness (QED) is 0.619. The predicted molar refractivity (Wildman–Crippen MR) is 102 cm³/mol. The molecule has 0 saturated carbocycles. The van der Waals surface area contributed by atoms with E-state index < -0.39 is 27.7 Å². The number of aromatic amines is 1. The average Bonchev–Trinajstić information content (AvgIpc) is 2.96. The van der Waals surface area contributed by atoms with Gasteiger partial charge < -0.3 is 15.6 Å². The number of carbonyl (C=O) groups is 2. The molecule has 1 aromatic carbocycles. The number of sulfone groups is 1. The molecule has 0 bridgehead atoms. The van der Waals surface area contributed by atoms with E-state index in [1.165, 1.54) is 12.2 Å². The summed E-state index contributed by atoms with van der Waals surface area (Å²) in [4.78, 5) is 38.4. The largest absolute Gasteiger partial charge is 0.351 e. The Morgan fingerprint density at radius 3 is 2.78 bits per heavy atom. The van der Waals surface area contributed by atoms with E-state index in [0.29, 0.717) is 17.5 Å². The van der Waals surface area contributed by atoms with Crippen molar-refractivity contribution in [3.8, 4) is 0 Å². The minimum absolute atomic E-state index is 0.0628. The molecule has 2 heterocycles. The highest BCUT2D eigenvalue weighted by Gasteiger charge is 2.28. The number of fused-ring (bicyclic) bond motifs is 1. The summed E-state index contributed by atoms with van der Waals surface area (Å²) in [5.41, 5.74) is 0.706. The van der Waals surface area contributed by atoms with Crippen LogP contribution in [0.25, 0.3) is 17.0 Å². The van der Waals surface area contributed by atoms with E-state index in [1.54, 1.807) is 12.1 Å². The first-order chi connectivity index (χ1) is 12.8. The monoisotopic (exact) mass is 389 g/mol. The summed E-state index contributed by atoms with van der Waals surface area (Å²) < 4.78 is 22.7. The molecule has 2 amide bonds. The minimum Gasteiger partial charge on any atom is -0.351 e. The summed E-state index contributed by atoms with van der Waals surface area (Å²) in [7, 11) is -3.08. The molecule has 1 aromatic heterocycles. The summed E-state index contributed by atoms with van der Waals surface area (Å²) in [5.74, 6) is -0.996. The molecule has 0 spiro atoms. The SMILES string of the molecule is O=C(/C=C/c1cc2ccccc2[nH]c1=O)NCC(=O)NC1CCS(=O)(=O)C1. The maximum absolute atomic E-state index is 12.0. The van der Waals surface area contributed by atoms with Crippen molar-refractivity contribution < 1.29 is 18.0 Å². The van der Waals surface area contributed by atoms with Crippen molar-refractivity contribution in [1.82, 2.24) is 15.6 Å². The van der Waals surface area contributed by atoms with Crippen LogP contribution in [0.3, 0.4) is 0 Å². The van der Waals surface area contributed by atoms with E-state index in [0.717, 1.165) is 5.39 Å². The molecule has 1 atom stereocenters. The molecule has 27 heavy (non-hydrogen) atoms. The molecular weight excluding hydrogens is 370 g/mol. The standard InChI is InChI=1S/C18H19N3O5S/c22-16(19-10-17(23)20-14-7-8-27(25,26)11-14)6-5-13-9-12-3-1-2-4-15(12)21-18(13)24/h1-6,9,14H,7-8,10-11H2,(H,19,22)(H,20,23)(H,21,24)/b6-5+. The molecule has 3 N–H and O–H groups in total. The predicted octanol–water partition coefficient (Wildman–Crippen LogP) is -0.0392. The van der Waals surface area contributed by atoms with E-state index in [2.05, 4.69) is 15.6 Å². The lowest BCUT2D eigenvalue weighted by molar-refractivity contribution is -0.124. The number of carbonyl (C=O) groups excluding carboxylic acids is 2. The Balaban J connectivity index is 1.54. The van der Waals surface area contributed by atoms with Crippen LogP contribution in [0.5, 0.6) is 0 Å². The number of hydrogen-bond donors (Lipinski definition) is 3. The number of para-hydroxylation sites is 1. The lowest BCUT2D eigenvalue weighted by Gasteiger charge is -2.10. The molecule has 9 heteroatoms. The lowest BCUT2D eigenvalue weighted by atomic mass is 10.1. The van der Waals surface area contributed by atoms with E-state index in [9.17, 15) is 22.8 Å².